The fourth-order valence-corrected chi connectivity index (χ4v) is 4.32. The number of hydrogen-bond donors (Lipinski definition) is 1. The van der Waals surface area contributed by atoms with E-state index in [4.69, 9.17) is 20.9 Å². The van der Waals surface area contributed by atoms with Crippen LogP contribution in [0.3, 0.4) is 0 Å². The number of likely N-dealkylation sites (tertiary alicyclic amines) is 1. The first-order valence-corrected chi connectivity index (χ1v) is 10.6. The van der Waals surface area contributed by atoms with Crippen LogP contribution in [0.5, 0.6) is 5.75 Å². The van der Waals surface area contributed by atoms with E-state index in [1.54, 1.807) is 36.6 Å². The van der Waals surface area contributed by atoms with Crippen molar-refractivity contribution in [1.82, 2.24) is 15.0 Å². The first-order valence-electron chi connectivity index (χ1n) is 9.35. The molecule has 1 aliphatic heterocycles. The van der Waals surface area contributed by atoms with Crippen LogP contribution in [0.15, 0.2) is 40.2 Å². The molecule has 3 heterocycles. The monoisotopic (exact) mass is 432 g/mol. The summed E-state index contributed by atoms with van der Waals surface area (Å²) in [6, 6.07) is 9.15. The number of hydrogen-bond acceptors (Lipinski definition) is 7. The molecule has 0 saturated carbocycles. The number of halogens is 1. The zero-order valence-corrected chi connectivity index (χ0v) is 17.5. The summed E-state index contributed by atoms with van der Waals surface area (Å²) in [5.74, 6) is 1.63. The molecule has 9 heteroatoms. The largest absolute Gasteiger partial charge is 0.495 e. The van der Waals surface area contributed by atoms with Crippen molar-refractivity contribution in [2.24, 2.45) is 5.92 Å². The molecule has 1 N–H and O–H groups in total. The molecule has 29 heavy (non-hydrogen) atoms. The lowest BCUT2D eigenvalue weighted by atomic mass is 9.97. The molecule has 1 aromatic carbocycles. The van der Waals surface area contributed by atoms with E-state index >= 15 is 0 Å². The van der Waals surface area contributed by atoms with Crippen LogP contribution in [0.25, 0.3) is 10.7 Å². The van der Waals surface area contributed by atoms with Crippen LogP contribution in [-0.4, -0.2) is 41.1 Å². The average Bonchev–Trinajstić information content (AvgIpc) is 3.40. The summed E-state index contributed by atoms with van der Waals surface area (Å²) >= 11 is 7.72. The topological polar surface area (TPSA) is 80.5 Å². The Labute approximate surface area is 177 Å². The van der Waals surface area contributed by atoms with Gasteiger partial charge in [0.15, 0.2) is 0 Å². The van der Waals surface area contributed by atoms with Crippen LogP contribution in [0.2, 0.25) is 5.02 Å². The molecule has 0 radical (unpaired) electrons. The van der Waals surface area contributed by atoms with E-state index in [0.29, 0.717) is 41.3 Å². The number of methoxy groups -OCH3 is 1. The molecule has 0 spiro atoms. The summed E-state index contributed by atoms with van der Waals surface area (Å²) in [6.07, 6.45) is 1.78. The van der Waals surface area contributed by atoms with E-state index in [1.807, 2.05) is 17.5 Å². The fourth-order valence-electron chi connectivity index (χ4n) is 3.42. The number of piperidine rings is 1. The highest BCUT2D eigenvalue weighted by Gasteiger charge is 2.27. The number of amides is 1. The number of aromatic nitrogens is 2. The van der Waals surface area contributed by atoms with E-state index in [9.17, 15) is 4.79 Å². The van der Waals surface area contributed by atoms with E-state index in [0.717, 1.165) is 24.3 Å². The summed E-state index contributed by atoms with van der Waals surface area (Å²) in [5, 5.41) is 9.45. The molecule has 1 amide bonds. The van der Waals surface area contributed by atoms with E-state index in [2.05, 4.69) is 20.4 Å². The lowest BCUT2D eigenvalue weighted by Crippen LogP contribution is -2.40. The van der Waals surface area contributed by atoms with Gasteiger partial charge in [0.25, 0.3) is 0 Å². The summed E-state index contributed by atoms with van der Waals surface area (Å²) in [7, 11) is 1.56. The van der Waals surface area contributed by atoms with Crippen molar-refractivity contribution in [2.45, 2.75) is 19.4 Å². The Bertz CT molecular complexity index is 976. The molecule has 1 atom stereocenters. The molecule has 7 nitrogen and oxygen atoms in total. The van der Waals surface area contributed by atoms with E-state index < -0.39 is 0 Å². The van der Waals surface area contributed by atoms with Crippen molar-refractivity contribution in [3.63, 3.8) is 0 Å². The normalized spacial score (nSPS) is 17.2. The Hall–Kier alpha value is -2.42. The minimum atomic E-state index is -0.107. The Morgan fingerprint density at radius 2 is 2.34 bits per heavy atom. The van der Waals surface area contributed by atoms with Crippen molar-refractivity contribution in [3.05, 3.63) is 46.6 Å². The molecule has 2 aromatic heterocycles. The number of benzene rings is 1. The van der Waals surface area contributed by atoms with Gasteiger partial charge in [-0.05, 0) is 49.0 Å². The molecule has 4 rings (SSSR count). The average molecular weight is 433 g/mol. The lowest BCUT2D eigenvalue weighted by Gasteiger charge is -2.30. The van der Waals surface area contributed by atoms with Crippen molar-refractivity contribution in [3.8, 4) is 16.5 Å². The predicted octanol–water partition coefficient (Wildman–Crippen LogP) is 4.31. The van der Waals surface area contributed by atoms with Gasteiger partial charge in [0.2, 0.25) is 17.6 Å². The number of thiophene rings is 1. The van der Waals surface area contributed by atoms with Crippen LogP contribution in [-0.2, 0) is 11.3 Å². The van der Waals surface area contributed by atoms with E-state index in [-0.39, 0.29) is 11.8 Å². The second-order valence-corrected chi connectivity index (χ2v) is 8.26. The molecule has 1 aliphatic rings. The van der Waals surface area contributed by atoms with Gasteiger partial charge in [-0.3, -0.25) is 9.69 Å². The predicted molar refractivity (Wildman–Crippen MR) is 112 cm³/mol. The highest BCUT2D eigenvalue weighted by molar-refractivity contribution is 7.13. The van der Waals surface area contributed by atoms with Gasteiger partial charge < -0.3 is 14.6 Å². The van der Waals surface area contributed by atoms with Crippen LogP contribution in [0.4, 0.5) is 5.69 Å². The number of carbonyl (C=O) groups is 1. The SMILES string of the molecule is COc1ccc(NC(=O)C2CCCN(Cc3nc(-c4cccs4)no3)C2)cc1Cl. The second kappa shape index (κ2) is 8.94. The Balaban J connectivity index is 1.35. The van der Waals surface area contributed by atoms with Crippen molar-refractivity contribution in [1.29, 1.82) is 0 Å². The summed E-state index contributed by atoms with van der Waals surface area (Å²) in [6.45, 7) is 2.08. The summed E-state index contributed by atoms with van der Waals surface area (Å²) in [5.41, 5.74) is 0.662. The smallest absolute Gasteiger partial charge is 0.241 e. The van der Waals surface area contributed by atoms with Crippen LogP contribution in [0, 0.1) is 5.92 Å². The molecule has 3 aromatic rings. The van der Waals surface area contributed by atoms with Crippen LogP contribution < -0.4 is 10.1 Å². The van der Waals surface area contributed by atoms with Gasteiger partial charge in [-0.1, -0.05) is 22.8 Å². The Kier molecular flexibility index (Phi) is 6.13. The number of carbonyl (C=O) groups excluding carboxylic acids is 1. The van der Waals surface area contributed by atoms with Crippen LogP contribution >= 0.6 is 22.9 Å². The number of nitrogens with one attached hydrogen (secondary N) is 1. The summed E-state index contributed by atoms with van der Waals surface area (Å²) < 4.78 is 10.5. The molecule has 0 bridgehead atoms. The minimum absolute atomic E-state index is 0.0132. The highest BCUT2D eigenvalue weighted by atomic mass is 35.5. The number of rotatable bonds is 6. The Morgan fingerprint density at radius 1 is 1.45 bits per heavy atom. The minimum Gasteiger partial charge on any atom is -0.495 e. The standard InChI is InChI=1S/C20H21ClN4O3S/c1-27-16-7-6-14(10-15(16)21)22-20(26)13-4-2-8-25(11-13)12-18-23-19(24-28-18)17-5-3-9-29-17/h3,5-7,9-10,13H,2,4,8,11-12H2,1H3,(H,22,26). The number of anilines is 1. The highest BCUT2D eigenvalue weighted by Crippen LogP contribution is 2.28. The Morgan fingerprint density at radius 3 is 3.10 bits per heavy atom. The maximum Gasteiger partial charge on any atom is 0.241 e. The van der Waals surface area contributed by atoms with Crippen molar-refractivity contribution >= 4 is 34.5 Å². The first-order chi connectivity index (χ1) is 14.1. The van der Waals surface area contributed by atoms with Crippen molar-refractivity contribution < 1.29 is 14.1 Å². The maximum atomic E-state index is 12.7. The molecule has 1 saturated heterocycles. The fraction of sp³-hybridized carbons (Fsp3) is 0.350. The van der Waals surface area contributed by atoms with Crippen molar-refractivity contribution in [2.75, 3.05) is 25.5 Å². The van der Waals surface area contributed by atoms with Crippen LogP contribution in [0.1, 0.15) is 18.7 Å². The number of nitrogens with zero attached hydrogens (tertiary/aromatic N) is 3. The van der Waals surface area contributed by atoms with Gasteiger partial charge in [-0.2, -0.15) is 4.98 Å². The molecular weight excluding hydrogens is 412 g/mol. The zero-order valence-electron chi connectivity index (χ0n) is 15.9. The third kappa shape index (κ3) is 4.77. The lowest BCUT2D eigenvalue weighted by molar-refractivity contribution is -0.121. The molecule has 1 fully saturated rings. The van der Waals surface area contributed by atoms with Gasteiger partial charge >= 0.3 is 0 Å². The van der Waals surface area contributed by atoms with Gasteiger partial charge in [-0.25, -0.2) is 0 Å². The molecule has 0 aliphatic carbocycles. The summed E-state index contributed by atoms with van der Waals surface area (Å²) in [4.78, 5) is 20.4. The zero-order chi connectivity index (χ0) is 20.2. The van der Waals surface area contributed by atoms with Gasteiger partial charge in [0.05, 0.1) is 29.5 Å². The maximum absolute atomic E-state index is 12.7. The molecular formula is C20H21ClN4O3S. The van der Waals surface area contributed by atoms with E-state index in [1.165, 1.54) is 0 Å². The number of ether oxygens (including phenoxy) is 1. The molecule has 152 valence electrons. The first kappa shape index (κ1) is 19.9. The third-order valence-corrected chi connectivity index (χ3v) is 6.03. The van der Waals surface area contributed by atoms with Gasteiger partial charge in [0.1, 0.15) is 5.75 Å². The van der Waals surface area contributed by atoms with Gasteiger partial charge in [0, 0.05) is 12.2 Å². The quantitative estimate of drug-likeness (QED) is 0.625. The second-order valence-electron chi connectivity index (χ2n) is 6.90. The third-order valence-electron chi connectivity index (χ3n) is 4.86. The molecule has 1 unspecified atom stereocenters. The van der Waals surface area contributed by atoms with Gasteiger partial charge in [-0.15, -0.1) is 11.3 Å².